The average Bonchev–Trinajstić information content (AvgIpc) is 3.15. The van der Waals surface area contributed by atoms with Crippen LogP contribution in [0.1, 0.15) is 5.69 Å². The Hall–Kier alpha value is -3.74. The van der Waals surface area contributed by atoms with E-state index in [1.807, 2.05) is 53.3 Å². The first kappa shape index (κ1) is 15.8. The minimum absolute atomic E-state index is 0.0615. The van der Waals surface area contributed by atoms with Gasteiger partial charge in [0.1, 0.15) is 5.82 Å². The Balaban J connectivity index is 1.49. The van der Waals surface area contributed by atoms with Gasteiger partial charge in [-0.1, -0.05) is 18.2 Å². The van der Waals surface area contributed by atoms with E-state index in [-0.39, 0.29) is 5.69 Å². The lowest BCUT2D eigenvalue weighted by atomic mass is 10.2. The van der Waals surface area contributed by atoms with Gasteiger partial charge < -0.3 is 5.32 Å². The number of pyridine rings is 1. The zero-order valence-corrected chi connectivity index (χ0v) is 13.7. The van der Waals surface area contributed by atoms with Gasteiger partial charge in [0.25, 0.3) is 5.69 Å². The Morgan fingerprint density at radius 1 is 1.04 bits per heavy atom. The van der Waals surface area contributed by atoms with Crippen LogP contribution in [0.5, 0.6) is 0 Å². The highest BCUT2D eigenvalue weighted by molar-refractivity contribution is 5.82. The molecule has 0 atom stereocenters. The van der Waals surface area contributed by atoms with Crippen molar-refractivity contribution in [1.82, 2.24) is 14.8 Å². The van der Waals surface area contributed by atoms with E-state index in [1.54, 1.807) is 12.1 Å². The predicted molar refractivity (Wildman–Crippen MR) is 99.3 cm³/mol. The molecular formula is C19H15N5O2. The van der Waals surface area contributed by atoms with E-state index in [0.717, 1.165) is 16.8 Å². The summed E-state index contributed by atoms with van der Waals surface area (Å²) in [4.78, 5) is 14.9. The lowest BCUT2D eigenvalue weighted by molar-refractivity contribution is -0.384. The Labute approximate surface area is 149 Å². The molecule has 0 unspecified atom stereocenters. The van der Waals surface area contributed by atoms with Crippen LogP contribution in [0.25, 0.3) is 16.6 Å². The van der Waals surface area contributed by atoms with Gasteiger partial charge in [0.2, 0.25) is 0 Å². The third kappa shape index (κ3) is 3.23. The minimum Gasteiger partial charge on any atom is -0.364 e. The van der Waals surface area contributed by atoms with Gasteiger partial charge in [-0.25, -0.2) is 9.67 Å². The van der Waals surface area contributed by atoms with Crippen molar-refractivity contribution in [3.8, 4) is 5.69 Å². The highest BCUT2D eigenvalue weighted by atomic mass is 16.6. The predicted octanol–water partition coefficient (Wildman–Crippen LogP) is 3.94. The molecule has 4 aromatic rings. The van der Waals surface area contributed by atoms with Gasteiger partial charge in [-0.15, -0.1) is 0 Å². The summed E-state index contributed by atoms with van der Waals surface area (Å²) in [6.07, 6.45) is 1.92. The fourth-order valence-corrected chi connectivity index (χ4v) is 2.69. The SMILES string of the molecule is O=[N+]([O-])c1ccc2nc(NCc3ccn(-c4ccccc4)n3)ccc2c1. The molecule has 0 aliphatic rings. The summed E-state index contributed by atoms with van der Waals surface area (Å²) in [5.41, 5.74) is 2.66. The van der Waals surface area contributed by atoms with Crippen molar-refractivity contribution in [3.05, 3.63) is 88.7 Å². The second kappa shape index (κ2) is 6.64. The summed E-state index contributed by atoms with van der Waals surface area (Å²) in [5, 5.41) is 19.3. The number of rotatable bonds is 5. The molecule has 4 rings (SSSR count). The van der Waals surface area contributed by atoms with Crippen molar-refractivity contribution >= 4 is 22.4 Å². The van der Waals surface area contributed by atoms with Crippen LogP contribution >= 0.6 is 0 Å². The van der Waals surface area contributed by atoms with Crippen molar-refractivity contribution in [2.45, 2.75) is 6.54 Å². The summed E-state index contributed by atoms with van der Waals surface area (Å²) in [6, 6.07) is 20.1. The van der Waals surface area contributed by atoms with Crippen LogP contribution in [0, 0.1) is 10.1 Å². The highest BCUT2D eigenvalue weighted by Crippen LogP contribution is 2.21. The molecule has 7 heteroatoms. The number of nitro groups is 1. The number of hydrogen-bond donors (Lipinski definition) is 1. The van der Waals surface area contributed by atoms with Gasteiger partial charge in [-0.05, 0) is 36.4 Å². The number of non-ortho nitro benzene ring substituents is 1. The largest absolute Gasteiger partial charge is 0.364 e. The molecule has 2 aromatic carbocycles. The minimum atomic E-state index is -0.408. The molecule has 2 aromatic heterocycles. The molecule has 0 aliphatic carbocycles. The van der Waals surface area contributed by atoms with Gasteiger partial charge in [0.15, 0.2) is 0 Å². The van der Waals surface area contributed by atoms with Crippen LogP contribution in [0.2, 0.25) is 0 Å². The lowest BCUT2D eigenvalue weighted by Gasteiger charge is -2.05. The fourth-order valence-electron chi connectivity index (χ4n) is 2.69. The van der Waals surface area contributed by atoms with Crippen LogP contribution in [-0.2, 0) is 6.54 Å². The molecule has 0 aliphatic heterocycles. The third-order valence-electron chi connectivity index (χ3n) is 4.00. The second-order valence-corrected chi connectivity index (χ2v) is 5.77. The number of para-hydroxylation sites is 1. The van der Waals surface area contributed by atoms with Crippen LogP contribution in [-0.4, -0.2) is 19.7 Å². The molecule has 2 heterocycles. The first-order valence-corrected chi connectivity index (χ1v) is 8.08. The normalized spacial score (nSPS) is 10.8. The number of fused-ring (bicyclic) bond motifs is 1. The van der Waals surface area contributed by atoms with Crippen molar-refractivity contribution in [3.63, 3.8) is 0 Å². The maximum absolute atomic E-state index is 10.8. The van der Waals surface area contributed by atoms with Crippen molar-refractivity contribution in [2.75, 3.05) is 5.32 Å². The Kier molecular flexibility index (Phi) is 4.03. The van der Waals surface area contributed by atoms with E-state index < -0.39 is 4.92 Å². The molecule has 7 nitrogen and oxygen atoms in total. The topological polar surface area (TPSA) is 85.9 Å². The Morgan fingerprint density at radius 3 is 2.69 bits per heavy atom. The molecular weight excluding hydrogens is 330 g/mol. The monoisotopic (exact) mass is 345 g/mol. The molecule has 0 saturated heterocycles. The van der Waals surface area contributed by atoms with Gasteiger partial charge in [-0.2, -0.15) is 5.10 Å². The van der Waals surface area contributed by atoms with Crippen molar-refractivity contribution in [2.24, 2.45) is 0 Å². The van der Waals surface area contributed by atoms with Crippen molar-refractivity contribution in [1.29, 1.82) is 0 Å². The number of benzene rings is 2. The Bertz CT molecular complexity index is 1080. The van der Waals surface area contributed by atoms with Gasteiger partial charge >= 0.3 is 0 Å². The van der Waals surface area contributed by atoms with Gasteiger partial charge in [-0.3, -0.25) is 10.1 Å². The Morgan fingerprint density at radius 2 is 1.88 bits per heavy atom. The first-order valence-electron chi connectivity index (χ1n) is 8.08. The molecule has 0 bridgehead atoms. The van der Waals surface area contributed by atoms with Crippen LogP contribution in [0.4, 0.5) is 11.5 Å². The van der Waals surface area contributed by atoms with Crippen LogP contribution in [0.15, 0.2) is 72.9 Å². The van der Waals surface area contributed by atoms with E-state index in [1.165, 1.54) is 12.1 Å². The summed E-state index contributed by atoms with van der Waals surface area (Å²) in [6.45, 7) is 0.533. The summed E-state index contributed by atoms with van der Waals surface area (Å²) >= 11 is 0. The molecule has 0 fully saturated rings. The molecule has 0 amide bonds. The van der Waals surface area contributed by atoms with Crippen LogP contribution in [0.3, 0.4) is 0 Å². The first-order chi connectivity index (χ1) is 12.7. The molecule has 26 heavy (non-hydrogen) atoms. The number of hydrogen-bond acceptors (Lipinski definition) is 5. The molecule has 1 N–H and O–H groups in total. The zero-order chi connectivity index (χ0) is 17.9. The van der Waals surface area contributed by atoms with Crippen molar-refractivity contribution < 1.29 is 4.92 Å². The standard InChI is InChI=1S/C19H15N5O2/c25-24(26)17-7-8-18-14(12-17)6-9-19(21-18)20-13-15-10-11-23(22-15)16-4-2-1-3-5-16/h1-12H,13H2,(H,20,21). The molecule has 0 radical (unpaired) electrons. The average molecular weight is 345 g/mol. The summed E-state index contributed by atoms with van der Waals surface area (Å²) in [5.74, 6) is 0.695. The maximum atomic E-state index is 10.8. The molecule has 0 spiro atoms. The van der Waals surface area contributed by atoms with E-state index in [2.05, 4.69) is 15.4 Å². The maximum Gasteiger partial charge on any atom is 0.270 e. The smallest absolute Gasteiger partial charge is 0.270 e. The summed E-state index contributed by atoms with van der Waals surface area (Å²) in [7, 11) is 0. The number of nitrogens with zero attached hydrogens (tertiary/aromatic N) is 4. The van der Waals surface area contributed by atoms with E-state index in [9.17, 15) is 10.1 Å². The molecule has 128 valence electrons. The van der Waals surface area contributed by atoms with E-state index in [0.29, 0.717) is 17.9 Å². The fraction of sp³-hybridized carbons (Fsp3) is 0.0526. The van der Waals surface area contributed by atoms with Crippen LogP contribution < -0.4 is 5.32 Å². The zero-order valence-electron chi connectivity index (χ0n) is 13.7. The highest BCUT2D eigenvalue weighted by Gasteiger charge is 2.07. The number of aromatic nitrogens is 3. The number of anilines is 1. The number of nitro benzene ring substituents is 1. The van der Waals surface area contributed by atoms with Gasteiger partial charge in [0.05, 0.1) is 28.4 Å². The van der Waals surface area contributed by atoms with Gasteiger partial charge in [0, 0.05) is 23.7 Å². The quantitative estimate of drug-likeness (QED) is 0.437. The lowest BCUT2D eigenvalue weighted by Crippen LogP contribution is -2.03. The van der Waals surface area contributed by atoms with E-state index >= 15 is 0 Å². The third-order valence-corrected chi connectivity index (χ3v) is 4.00. The summed E-state index contributed by atoms with van der Waals surface area (Å²) < 4.78 is 1.82. The molecule has 0 saturated carbocycles. The second-order valence-electron chi connectivity index (χ2n) is 5.77. The van der Waals surface area contributed by atoms with E-state index in [4.69, 9.17) is 0 Å². The number of nitrogens with one attached hydrogen (secondary N) is 1.